The zero-order valence-electron chi connectivity index (χ0n) is 15.1. The third-order valence-electron chi connectivity index (χ3n) is 3.77. The second kappa shape index (κ2) is 9.44. The quantitative estimate of drug-likeness (QED) is 0.271. The molecule has 0 unspecified atom stereocenters. The number of esters is 2. The lowest BCUT2D eigenvalue weighted by Gasteiger charge is -2.22. The predicted molar refractivity (Wildman–Crippen MR) is 88.2 cm³/mol. The van der Waals surface area contributed by atoms with Crippen molar-refractivity contribution in [1.29, 1.82) is 0 Å². The summed E-state index contributed by atoms with van der Waals surface area (Å²) in [6.45, 7) is -0.715. The van der Waals surface area contributed by atoms with Crippen LogP contribution in [0.5, 0.6) is 17.2 Å². The average Bonchev–Trinajstić information content (AvgIpc) is 2.65. The summed E-state index contributed by atoms with van der Waals surface area (Å²) in [7, 11) is 6.32. The molecular weight excluding hydrogens is 350 g/mol. The summed E-state index contributed by atoms with van der Waals surface area (Å²) in [6, 6.07) is 2.88. The fourth-order valence-electron chi connectivity index (χ4n) is 2.56. The van der Waals surface area contributed by atoms with Gasteiger partial charge in [-0.15, -0.1) is 0 Å². The summed E-state index contributed by atoms with van der Waals surface area (Å²) in [6.07, 6.45) is 0. The molecule has 0 radical (unpaired) electrons. The fourth-order valence-corrected chi connectivity index (χ4v) is 2.56. The van der Waals surface area contributed by atoms with Gasteiger partial charge in [0.05, 0.1) is 41.5 Å². The zero-order valence-corrected chi connectivity index (χ0v) is 15.1. The van der Waals surface area contributed by atoms with Gasteiger partial charge in [-0.3, -0.25) is 19.7 Å². The molecule has 1 atom stereocenters. The SMILES string of the molecule is COC(=O)C(C(=O)OC)[C@H](C[N+](=O)[O-])c1cc(OC)c(OC)c(OC)c1. The van der Waals surface area contributed by atoms with Crippen molar-refractivity contribution in [1.82, 2.24) is 0 Å². The van der Waals surface area contributed by atoms with Crippen LogP contribution < -0.4 is 14.2 Å². The molecule has 0 saturated heterocycles. The highest BCUT2D eigenvalue weighted by Crippen LogP contribution is 2.41. The summed E-state index contributed by atoms with van der Waals surface area (Å²) >= 11 is 0. The van der Waals surface area contributed by atoms with Crippen molar-refractivity contribution >= 4 is 11.9 Å². The number of methoxy groups -OCH3 is 5. The number of hydrogen-bond donors (Lipinski definition) is 0. The van der Waals surface area contributed by atoms with Gasteiger partial charge in [-0.1, -0.05) is 0 Å². The Morgan fingerprint density at radius 1 is 0.962 bits per heavy atom. The predicted octanol–water partition coefficient (Wildman–Crippen LogP) is 1.03. The van der Waals surface area contributed by atoms with Gasteiger partial charge < -0.3 is 23.7 Å². The first-order valence-corrected chi connectivity index (χ1v) is 7.41. The lowest BCUT2D eigenvalue weighted by Crippen LogP contribution is -2.35. The molecule has 0 spiro atoms. The first-order valence-electron chi connectivity index (χ1n) is 7.41. The van der Waals surface area contributed by atoms with Crippen LogP contribution in [0.25, 0.3) is 0 Å². The Kier molecular flexibility index (Phi) is 7.63. The van der Waals surface area contributed by atoms with E-state index in [-0.39, 0.29) is 22.8 Å². The van der Waals surface area contributed by atoms with Gasteiger partial charge in [-0.2, -0.15) is 0 Å². The van der Waals surface area contributed by atoms with Crippen molar-refractivity contribution in [2.24, 2.45) is 5.92 Å². The second-order valence-corrected chi connectivity index (χ2v) is 5.10. The molecule has 0 aromatic heterocycles. The first kappa shape index (κ1) is 21.0. The zero-order chi connectivity index (χ0) is 19.9. The Balaban J connectivity index is 3.59. The molecule has 1 aromatic carbocycles. The van der Waals surface area contributed by atoms with E-state index in [1.165, 1.54) is 33.5 Å². The van der Waals surface area contributed by atoms with Gasteiger partial charge >= 0.3 is 11.9 Å². The number of rotatable bonds is 9. The molecule has 0 aliphatic rings. The van der Waals surface area contributed by atoms with Crippen molar-refractivity contribution in [3.05, 3.63) is 27.8 Å². The molecule has 0 fully saturated rings. The molecule has 26 heavy (non-hydrogen) atoms. The van der Waals surface area contributed by atoms with Crippen molar-refractivity contribution in [2.45, 2.75) is 5.92 Å². The van der Waals surface area contributed by atoms with Gasteiger partial charge in [0, 0.05) is 4.92 Å². The summed E-state index contributed by atoms with van der Waals surface area (Å²) in [5.74, 6) is -3.87. The molecule has 1 rings (SSSR count). The topological polar surface area (TPSA) is 123 Å². The minimum absolute atomic E-state index is 0.226. The van der Waals surface area contributed by atoms with E-state index in [2.05, 4.69) is 9.47 Å². The number of benzene rings is 1. The van der Waals surface area contributed by atoms with Crippen LogP contribution in [0.4, 0.5) is 0 Å². The van der Waals surface area contributed by atoms with Gasteiger partial charge in [-0.25, -0.2) is 0 Å². The monoisotopic (exact) mass is 371 g/mol. The van der Waals surface area contributed by atoms with E-state index in [1.54, 1.807) is 0 Å². The van der Waals surface area contributed by atoms with Crippen LogP contribution in [0, 0.1) is 16.0 Å². The molecule has 0 saturated carbocycles. The standard InChI is InChI=1S/C16H21NO9/c1-22-11-6-9(7-12(23-2)14(11)24-3)10(8-17(20)21)13(15(18)25-4)16(19)26-5/h6-7,10,13H,8H2,1-5H3/t10-/m1/s1. The number of hydrogen-bond acceptors (Lipinski definition) is 9. The van der Waals surface area contributed by atoms with Crippen LogP contribution in [0.15, 0.2) is 12.1 Å². The molecule has 0 aliphatic carbocycles. The molecule has 0 N–H and O–H groups in total. The van der Waals surface area contributed by atoms with Crippen molar-refractivity contribution in [3.8, 4) is 17.2 Å². The van der Waals surface area contributed by atoms with Crippen molar-refractivity contribution in [3.63, 3.8) is 0 Å². The van der Waals surface area contributed by atoms with Gasteiger partial charge in [0.15, 0.2) is 17.4 Å². The van der Waals surface area contributed by atoms with Crippen molar-refractivity contribution in [2.75, 3.05) is 42.1 Å². The van der Waals surface area contributed by atoms with Crippen LogP contribution in [0.3, 0.4) is 0 Å². The molecule has 1 aromatic rings. The lowest BCUT2D eigenvalue weighted by molar-refractivity contribution is -0.484. The van der Waals surface area contributed by atoms with E-state index >= 15 is 0 Å². The maximum absolute atomic E-state index is 12.1. The van der Waals surface area contributed by atoms with Crippen LogP contribution in [-0.2, 0) is 19.1 Å². The van der Waals surface area contributed by atoms with Crippen LogP contribution in [-0.4, -0.2) is 59.0 Å². The third-order valence-corrected chi connectivity index (χ3v) is 3.77. The highest BCUT2D eigenvalue weighted by molar-refractivity contribution is 5.96. The molecule has 10 nitrogen and oxygen atoms in total. The van der Waals surface area contributed by atoms with E-state index in [0.29, 0.717) is 0 Å². The van der Waals surface area contributed by atoms with Gasteiger partial charge in [-0.05, 0) is 17.7 Å². The Morgan fingerprint density at radius 2 is 1.42 bits per heavy atom. The van der Waals surface area contributed by atoms with E-state index < -0.39 is 35.2 Å². The van der Waals surface area contributed by atoms with E-state index in [1.807, 2.05) is 0 Å². The van der Waals surface area contributed by atoms with Gasteiger partial charge in [0.25, 0.3) is 0 Å². The Bertz CT molecular complexity index is 633. The van der Waals surface area contributed by atoms with E-state index in [9.17, 15) is 19.7 Å². The fraction of sp³-hybridized carbons (Fsp3) is 0.500. The van der Waals surface area contributed by atoms with E-state index in [4.69, 9.17) is 14.2 Å². The Morgan fingerprint density at radius 3 is 1.73 bits per heavy atom. The summed E-state index contributed by atoms with van der Waals surface area (Å²) in [5, 5.41) is 11.2. The molecule has 10 heteroatoms. The summed E-state index contributed by atoms with van der Waals surface area (Å²) < 4.78 is 24.9. The maximum atomic E-state index is 12.1. The van der Waals surface area contributed by atoms with Crippen molar-refractivity contribution < 1.29 is 38.2 Å². The average molecular weight is 371 g/mol. The van der Waals surface area contributed by atoms with Crippen LogP contribution in [0.1, 0.15) is 11.5 Å². The third kappa shape index (κ3) is 4.52. The minimum atomic E-state index is -1.53. The normalized spacial score (nSPS) is 11.5. The highest BCUT2D eigenvalue weighted by atomic mass is 16.6. The number of carbonyl (C=O) groups is 2. The number of nitro groups is 1. The highest BCUT2D eigenvalue weighted by Gasteiger charge is 2.41. The smallest absolute Gasteiger partial charge is 0.320 e. The number of carbonyl (C=O) groups excluding carboxylic acids is 2. The molecule has 0 bridgehead atoms. The summed E-state index contributed by atoms with van der Waals surface area (Å²) in [4.78, 5) is 34.7. The molecule has 144 valence electrons. The Hall–Kier alpha value is -3.04. The molecule has 0 heterocycles. The largest absolute Gasteiger partial charge is 0.493 e. The Labute approximate surface area is 150 Å². The van der Waals surface area contributed by atoms with Crippen LogP contribution in [0.2, 0.25) is 0 Å². The lowest BCUT2D eigenvalue weighted by atomic mass is 9.85. The molecular formula is C16H21NO9. The van der Waals surface area contributed by atoms with Gasteiger partial charge in [0.1, 0.15) is 0 Å². The second-order valence-electron chi connectivity index (χ2n) is 5.10. The van der Waals surface area contributed by atoms with Gasteiger partial charge in [0.2, 0.25) is 12.3 Å². The maximum Gasteiger partial charge on any atom is 0.320 e. The molecule has 0 amide bonds. The summed E-state index contributed by atoms with van der Waals surface area (Å²) in [5.41, 5.74) is 0.261. The minimum Gasteiger partial charge on any atom is -0.493 e. The van der Waals surface area contributed by atoms with E-state index in [0.717, 1.165) is 14.2 Å². The van der Waals surface area contributed by atoms with Crippen LogP contribution >= 0.6 is 0 Å². The number of nitrogens with zero attached hydrogens (tertiary/aromatic N) is 1. The number of ether oxygens (including phenoxy) is 5. The molecule has 0 aliphatic heterocycles. The first-order chi connectivity index (χ1) is 12.3.